The normalized spacial score (nSPS) is 14.0. The largest absolute Gasteiger partial charge is 0.355 e. The fourth-order valence-electron chi connectivity index (χ4n) is 2.43. The number of aromatic amines is 2. The Kier molecular flexibility index (Phi) is 6.58. The first-order valence-corrected chi connectivity index (χ1v) is 9.77. The van der Waals surface area contributed by atoms with E-state index in [0.29, 0.717) is 18.1 Å². The molecule has 1 aliphatic heterocycles. The molecule has 3 rings (SSSR count). The van der Waals surface area contributed by atoms with Gasteiger partial charge in [0.1, 0.15) is 5.02 Å². The van der Waals surface area contributed by atoms with Gasteiger partial charge in [0.2, 0.25) is 0 Å². The van der Waals surface area contributed by atoms with Gasteiger partial charge in [0.15, 0.2) is 0 Å². The van der Waals surface area contributed by atoms with E-state index in [2.05, 4.69) is 4.98 Å². The predicted octanol–water partition coefficient (Wildman–Crippen LogP) is 1.53. The van der Waals surface area contributed by atoms with E-state index in [1.807, 2.05) is 11.9 Å². The Morgan fingerprint density at radius 2 is 1.85 bits per heavy atom. The van der Waals surface area contributed by atoms with Crippen molar-refractivity contribution in [2.75, 3.05) is 6.54 Å². The molecule has 1 aliphatic rings. The second-order valence-corrected chi connectivity index (χ2v) is 7.76. The number of amidine groups is 1. The highest BCUT2D eigenvalue weighted by molar-refractivity contribution is 7.85. The summed E-state index contributed by atoms with van der Waals surface area (Å²) in [6, 6.07) is 5.99. The lowest BCUT2D eigenvalue weighted by Gasteiger charge is -2.17. The highest BCUT2D eigenvalue weighted by Gasteiger charge is 2.19. The molecule has 27 heavy (non-hydrogen) atoms. The molecule has 0 unspecified atom stereocenters. The van der Waals surface area contributed by atoms with Crippen LogP contribution in [0.4, 0.5) is 0 Å². The number of halogens is 1. The SMILES string of the molecule is Cc1ccc(S(=O)(=O)O)cc1.N=C1CCCN1Cc1[nH]c(=O)[nH]c(=O)c1Cl. The van der Waals surface area contributed by atoms with E-state index in [0.717, 1.165) is 24.9 Å². The maximum atomic E-state index is 11.2. The third-order valence-corrected chi connectivity index (χ3v) is 5.11. The van der Waals surface area contributed by atoms with Crippen LogP contribution in [0.15, 0.2) is 38.8 Å². The lowest BCUT2D eigenvalue weighted by Crippen LogP contribution is -2.30. The summed E-state index contributed by atoms with van der Waals surface area (Å²) in [5, 5.41) is 7.62. The maximum absolute atomic E-state index is 11.2. The van der Waals surface area contributed by atoms with Crippen molar-refractivity contribution in [3.63, 3.8) is 0 Å². The van der Waals surface area contributed by atoms with Crippen molar-refractivity contribution in [1.29, 1.82) is 5.41 Å². The van der Waals surface area contributed by atoms with E-state index in [-0.39, 0.29) is 9.92 Å². The maximum Gasteiger partial charge on any atom is 0.326 e. The molecule has 0 atom stereocenters. The molecule has 0 bridgehead atoms. The number of hydrogen-bond donors (Lipinski definition) is 4. The van der Waals surface area contributed by atoms with Crippen LogP contribution >= 0.6 is 11.6 Å². The van der Waals surface area contributed by atoms with Gasteiger partial charge < -0.3 is 9.88 Å². The van der Waals surface area contributed by atoms with Gasteiger partial charge in [0.05, 0.1) is 23.0 Å². The van der Waals surface area contributed by atoms with Crippen molar-refractivity contribution in [2.45, 2.75) is 31.2 Å². The molecular weight excluding hydrogens is 396 g/mol. The standard InChI is InChI=1S/C9H11ClN4O2.C7H8O3S/c10-7-5(12-9(16)13-8(7)15)4-14-3-1-2-6(14)11;1-6-2-4-7(5-3-6)11(8,9)10/h11H,1-4H2,(H2,12,13,15,16);2-5H,1H3,(H,8,9,10). The molecule has 0 saturated carbocycles. The second kappa shape index (κ2) is 8.51. The van der Waals surface area contributed by atoms with Crippen LogP contribution in [0.1, 0.15) is 24.1 Å². The number of H-pyrrole nitrogens is 2. The smallest absolute Gasteiger partial charge is 0.326 e. The zero-order chi connectivity index (χ0) is 20.2. The third kappa shape index (κ3) is 5.78. The van der Waals surface area contributed by atoms with Gasteiger partial charge in [-0.2, -0.15) is 8.42 Å². The number of hydrogen-bond acceptors (Lipinski definition) is 5. The number of nitrogens with zero attached hydrogens (tertiary/aromatic N) is 1. The molecule has 0 spiro atoms. The molecule has 2 aromatic rings. The summed E-state index contributed by atoms with van der Waals surface area (Å²) < 4.78 is 29.6. The molecule has 9 nitrogen and oxygen atoms in total. The Balaban J connectivity index is 0.000000208. The fourth-order valence-corrected chi connectivity index (χ4v) is 3.07. The molecule has 0 radical (unpaired) electrons. The molecule has 1 aromatic heterocycles. The molecule has 1 saturated heterocycles. The number of benzene rings is 1. The first-order chi connectivity index (χ1) is 12.6. The highest BCUT2D eigenvalue weighted by atomic mass is 35.5. The number of rotatable bonds is 3. The van der Waals surface area contributed by atoms with Crippen molar-refractivity contribution < 1.29 is 13.0 Å². The summed E-state index contributed by atoms with van der Waals surface area (Å²) in [4.78, 5) is 28.6. The summed E-state index contributed by atoms with van der Waals surface area (Å²) >= 11 is 5.78. The Morgan fingerprint density at radius 3 is 2.37 bits per heavy atom. The van der Waals surface area contributed by atoms with Crippen LogP contribution in [0.5, 0.6) is 0 Å². The quantitative estimate of drug-likeness (QED) is 0.560. The Labute approximate surface area is 160 Å². The van der Waals surface area contributed by atoms with E-state index in [1.54, 1.807) is 17.0 Å². The molecule has 2 heterocycles. The van der Waals surface area contributed by atoms with Crippen LogP contribution < -0.4 is 11.2 Å². The monoisotopic (exact) mass is 414 g/mol. The van der Waals surface area contributed by atoms with Crippen LogP contribution in [0.2, 0.25) is 5.02 Å². The molecule has 4 N–H and O–H groups in total. The third-order valence-electron chi connectivity index (χ3n) is 3.85. The average Bonchev–Trinajstić information content (AvgIpc) is 2.97. The van der Waals surface area contributed by atoms with Crippen LogP contribution in [0.3, 0.4) is 0 Å². The van der Waals surface area contributed by atoms with Gasteiger partial charge in [-0.15, -0.1) is 0 Å². The van der Waals surface area contributed by atoms with Gasteiger partial charge in [-0.25, -0.2) is 4.79 Å². The zero-order valence-electron chi connectivity index (χ0n) is 14.5. The van der Waals surface area contributed by atoms with Crippen molar-refractivity contribution in [3.05, 3.63) is 61.4 Å². The summed E-state index contributed by atoms with van der Waals surface area (Å²) in [6.07, 6.45) is 1.65. The number of nitrogens with one attached hydrogen (secondary N) is 3. The van der Waals surface area contributed by atoms with Crippen LogP contribution in [0, 0.1) is 12.3 Å². The number of aryl methyl sites for hydroxylation is 1. The molecular formula is C16H19ClN4O5S. The van der Waals surface area contributed by atoms with Gasteiger partial charge in [-0.3, -0.25) is 19.7 Å². The molecule has 146 valence electrons. The number of aromatic nitrogens is 2. The molecule has 1 fully saturated rings. The van der Waals surface area contributed by atoms with Crippen molar-refractivity contribution >= 4 is 27.6 Å². The van der Waals surface area contributed by atoms with Crippen LogP contribution in [-0.4, -0.2) is 40.2 Å². The van der Waals surface area contributed by atoms with Crippen molar-refractivity contribution in [3.8, 4) is 0 Å². The van der Waals surface area contributed by atoms with E-state index in [1.165, 1.54) is 12.1 Å². The van der Waals surface area contributed by atoms with Crippen LogP contribution in [-0.2, 0) is 16.7 Å². The molecule has 1 aromatic carbocycles. The molecule has 0 amide bonds. The topological polar surface area (TPSA) is 147 Å². The first kappa shape index (κ1) is 20.9. The van der Waals surface area contributed by atoms with Crippen molar-refractivity contribution in [2.24, 2.45) is 0 Å². The Morgan fingerprint density at radius 1 is 1.22 bits per heavy atom. The summed E-state index contributed by atoms with van der Waals surface area (Å²) in [5.74, 6) is 0.511. The first-order valence-electron chi connectivity index (χ1n) is 7.95. The Hall–Kier alpha value is -2.43. The molecule has 11 heteroatoms. The fraction of sp³-hybridized carbons (Fsp3) is 0.312. The van der Waals surface area contributed by atoms with E-state index in [4.69, 9.17) is 21.6 Å². The minimum atomic E-state index is -4.02. The van der Waals surface area contributed by atoms with E-state index in [9.17, 15) is 18.0 Å². The lowest BCUT2D eigenvalue weighted by molar-refractivity contribution is 0.438. The summed E-state index contributed by atoms with van der Waals surface area (Å²) in [5.41, 5.74) is 0.153. The van der Waals surface area contributed by atoms with E-state index < -0.39 is 21.4 Å². The number of likely N-dealkylation sites (tertiary alicyclic amines) is 1. The van der Waals surface area contributed by atoms with Gasteiger partial charge in [-0.05, 0) is 25.5 Å². The Bertz CT molecular complexity index is 1040. The molecule has 0 aliphatic carbocycles. The van der Waals surface area contributed by atoms with Crippen LogP contribution in [0.25, 0.3) is 0 Å². The minimum Gasteiger partial charge on any atom is -0.355 e. The summed E-state index contributed by atoms with van der Waals surface area (Å²) in [7, 11) is -4.02. The second-order valence-electron chi connectivity index (χ2n) is 5.96. The van der Waals surface area contributed by atoms with Gasteiger partial charge >= 0.3 is 5.69 Å². The summed E-state index contributed by atoms with van der Waals surface area (Å²) in [6.45, 7) is 2.90. The van der Waals surface area contributed by atoms with Gasteiger partial charge in [0, 0.05) is 13.0 Å². The van der Waals surface area contributed by atoms with Gasteiger partial charge in [0.25, 0.3) is 15.7 Å². The predicted molar refractivity (Wildman–Crippen MR) is 101 cm³/mol. The lowest BCUT2D eigenvalue weighted by atomic mass is 10.2. The zero-order valence-corrected chi connectivity index (χ0v) is 16.0. The highest BCUT2D eigenvalue weighted by Crippen LogP contribution is 2.15. The van der Waals surface area contributed by atoms with Gasteiger partial charge in [-0.1, -0.05) is 29.3 Å². The average molecular weight is 415 g/mol. The van der Waals surface area contributed by atoms with Crippen molar-refractivity contribution in [1.82, 2.24) is 14.9 Å². The van der Waals surface area contributed by atoms with E-state index >= 15 is 0 Å². The minimum absolute atomic E-state index is 0.0145.